The second-order valence-electron chi connectivity index (χ2n) is 4.74. The van der Waals surface area contributed by atoms with Crippen molar-refractivity contribution in [1.82, 2.24) is 10.3 Å². The lowest BCUT2D eigenvalue weighted by Crippen LogP contribution is -2.36. The topological polar surface area (TPSA) is 37.4 Å². The average molecular weight is 285 g/mol. The summed E-state index contributed by atoms with van der Waals surface area (Å²) in [6.07, 6.45) is 2.20. The van der Waals surface area contributed by atoms with Gasteiger partial charge in [0.05, 0.1) is 18.3 Å². The predicted molar refractivity (Wildman–Crippen MR) is 83.2 cm³/mol. The van der Waals surface area contributed by atoms with Gasteiger partial charge >= 0.3 is 0 Å². The van der Waals surface area contributed by atoms with Crippen LogP contribution in [-0.2, 0) is 17.7 Å². The summed E-state index contributed by atoms with van der Waals surface area (Å²) in [5.74, 6) is 0. The Hall–Kier alpha value is -0.650. The monoisotopic (exact) mass is 285 g/mol. The molecule has 1 unspecified atom stereocenters. The molecule has 5 heteroatoms. The highest BCUT2D eigenvalue weighted by atomic mass is 32.1. The third-order valence-corrected chi connectivity index (χ3v) is 4.25. The Kier molecular flexibility index (Phi) is 7.34. The molecule has 110 valence electrons. The normalized spacial score (nSPS) is 12.7. The molecule has 1 N–H and O–H groups in total. The summed E-state index contributed by atoms with van der Waals surface area (Å²) in [7, 11) is 3.74. The van der Waals surface area contributed by atoms with Crippen LogP contribution in [0.1, 0.15) is 37.8 Å². The van der Waals surface area contributed by atoms with Gasteiger partial charge < -0.3 is 15.0 Å². The van der Waals surface area contributed by atoms with E-state index in [1.807, 2.05) is 18.4 Å². The molecule has 0 saturated heterocycles. The second-order valence-corrected chi connectivity index (χ2v) is 5.80. The van der Waals surface area contributed by atoms with Crippen LogP contribution in [0.25, 0.3) is 0 Å². The number of methoxy groups -OCH3 is 1. The van der Waals surface area contributed by atoms with E-state index in [1.165, 1.54) is 10.6 Å². The Bertz CT molecular complexity index is 344. The molecule has 19 heavy (non-hydrogen) atoms. The number of aryl methyl sites for hydroxylation is 1. The Balaban J connectivity index is 2.93. The molecule has 0 aliphatic carbocycles. The fraction of sp³-hybridized carbons (Fsp3) is 0.786. The first-order valence-electron chi connectivity index (χ1n) is 7.06. The van der Waals surface area contributed by atoms with Crippen LogP contribution in [0.3, 0.4) is 0 Å². The van der Waals surface area contributed by atoms with E-state index < -0.39 is 0 Å². The van der Waals surface area contributed by atoms with E-state index >= 15 is 0 Å². The smallest absolute Gasteiger partial charge is 0.186 e. The Labute approximate surface area is 121 Å². The van der Waals surface area contributed by atoms with E-state index in [1.54, 1.807) is 7.11 Å². The highest BCUT2D eigenvalue weighted by molar-refractivity contribution is 7.15. The average Bonchev–Trinajstić information content (AvgIpc) is 2.75. The number of likely N-dealkylation sites (N-methyl/N-ethyl adjacent to an activating group) is 1. The van der Waals surface area contributed by atoms with Gasteiger partial charge in [-0.15, -0.1) is 11.3 Å². The Morgan fingerprint density at radius 1 is 1.42 bits per heavy atom. The summed E-state index contributed by atoms with van der Waals surface area (Å²) < 4.78 is 5.26. The molecular weight excluding hydrogens is 258 g/mol. The maximum atomic E-state index is 5.26. The van der Waals surface area contributed by atoms with Gasteiger partial charge in [-0.2, -0.15) is 0 Å². The van der Waals surface area contributed by atoms with E-state index in [0.717, 1.165) is 37.7 Å². The summed E-state index contributed by atoms with van der Waals surface area (Å²) >= 11 is 1.81. The van der Waals surface area contributed by atoms with Crippen molar-refractivity contribution >= 4 is 16.5 Å². The molecule has 0 spiro atoms. The highest BCUT2D eigenvalue weighted by Crippen LogP contribution is 2.28. The van der Waals surface area contributed by atoms with Gasteiger partial charge in [-0.3, -0.25) is 0 Å². The van der Waals surface area contributed by atoms with Crippen LogP contribution in [0, 0.1) is 0 Å². The molecular formula is C14H27N3OS. The third-order valence-electron chi connectivity index (χ3n) is 3.12. The number of nitrogens with one attached hydrogen (secondary N) is 1. The van der Waals surface area contributed by atoms with Crippen molar-refractivity contribution < 1.29 is 4.74 Å². The fourth-order valence-corrected chi connectivity index (χ4v) is 3.47. The summed E-state index contributed by atoms with van der Waals surface area (Å²) in [6, 6.07) is 0.359. The van der Waals surface area contributed by atoms with Gasteiger partial charge in [-0.05, 0) is 27.3 Å². The molecule has 1 aromatic rings. The molecule has 0 aromatic carbocycles. The predicted octanol–water partition coefficient (Wildman–Crippen LogP) is 2.68. The maximum Gasteiger partial charge on any atom is 0.186 e. The number of hydrogen-bond acceptors (Lipinski definition) is 5. The number of aromatic nitrogens is 1. The number of thiazole rings is 1. The molecule has 0 aliphatic heterocycles. The molecule has 0 saturated carbocycles. The minimum Gasteiger partial charge on any atom is -0.383 e. The summed E-state index contributed by atoms with van der Waals surface area (Å²) in [5.41, 5.74) is 1.25. The summed E-state index contributed by atoms with van der Waals surface area (Å²) in [4.78, 5) is 8.53. The van der Waals surface area contributed by atoms with Crippen molar-refractivity contribution in [3.05, 3.63) is 10.6 Å². The third kappa shape index (κ3) is 4.44. The van der Waals surface area contributed by atoms with Gasteiger partial charge in [0.15, 0.2) is 5.13 Å². The molecule has 0 bridgehead atoms. The van der Waals surface area contributed by atoms with Crippen LogP contribution >= 0.6 is 11.3 Å². The lowest BCUT2D eigenvalue weighted by molar-refractivity contribution is 0.182. The van der Waals surface area contributed by atoms with Crippen LogP contribution < -0.4 is 10.2 Å². The number of anilines is 1. The zero-order valence-corrected chi connectivity index (χ0v) is 13.6. The van der Waals surface area contributed by atoms with Crippen molar-refractivity contribution in [2.75, 3.05) is 32.2 Å². The zero-order chi connectivity index (χ0) is 14.3. The zero-order valence-electron chi connectivity index (χ0n) is 12.8. The van der Waals surface area contributed by atoms with Crippen molar-refractivity contribution in [1.29, 1.82) is 0 Å². The molecule has 1 heterocycles. The Morgan fingerprint density at radius 2 is 2.16 bits per heavy atom. The van der Waals surface area contributed by atoms with Crippen LogP contribution in [-0.4, -0.2) is 38.3 Å². The minimum atomic E-state index is 0.359. The first kappa shape index (κ1) is 16.4. The molecule has 4 nitrogen and oxygen atoms in total. The minimum absolute atomic E-state index is 0.359. The summed E-state index contributed by atoms with van der Waals surface area (Å²) in [6.45, 7) is 9.16. The van der Waals surface area contributed by atoms with E-state index in [-0.39, 0.29) is 0 Å². The number of hydrogen-bond donors (Lipinski definition) is 1. The molecule has 1 rings (SSSR count). The van der Waals surface area contributed by atoms with Crippen LogP contribution in [0.15, 0.2) is 0 Å². The van der Waals surface area contributed by atoms with Gasteiger partial charge in [-0.25, -0.2) is 4.98 Å². The Morgan fingerprint density at radius 3 is 2.68 bits per heavy atom. The largest absolute Gasteiger partial charge is 0.383 e. The van der Waals surface area contributed by atoms with E-state index in [0.29, 0.717) is 6.04 Å². The quantitative estimate of drug-likeness (QED) is 0.757. The lowest BCUT2D eigenvalue weighted by atomic mass is 10.2. The van der Waals surface area contributed by atoms with Gasteiger partial charge in [0.25, 0.3) is 0 Å². The first-order valence-corrected chi connectivity index (χ1v) is 7.88. The first-order chi connectivity index (χ1) is 9.17. The van der Waals surface area contributed by atoms with Crippen LogP contribution in [0.5, 0.6) is 0 Å². The van der Waals surface area contributed by atoms with Crippen LogP contribution in [0.4, 0.5) is 5.13 Å². The van der Waals surface area contributed by atoms with Crippen molar-refractivity contribution in [2.45, 2.75) is 46.2 Å². The summed E-state index contributed by atoms with van der Waals surface area (Å²) in [5, 5.41) is 4.36. The number of rotatable bonds is 9. The van der Waals surface area contributed by atoms with Gasteiger partial charge in [0.2, 0.25) is 0 Å². The molecule has 1 aromatic heterocycles. The lowest BCUT2D eigenvalue weighted by Gasteiger charge is -2.26. The van der Waals surface area contributed by atoms with Crippen molar-refractivity contribution in [3.63, 3.8) is 0 Å². The van der Waals surface area contributed by atoms with Gasteiger partial charge in [0.1, 0.15) is 0 Å². The number of nitrogens with zero attached hydrogens (tertiary/aromatic N) is 2. The second kappa shape index (κ2) is 8.51. The SMILES string of the molecule is CCCc1nc(N(CC)C(C)COC)sc1CNC. The molecule has 0 amide bonds. The molecule has 0 fully saturated rings. The molecule has 1 atom stereocenters. The van der Waals surface area contributed by atoms with Crippen LogP contribution in [0.2, 0.25) is 0 Å². The van der Waals surface area contributed by atoms with Gasteiger partial charge in [-0.1, -0.05) is 13.3 Å². The van der Waals surface area contributed by atoms with Crippen molar-refractivity contribution in [3.8, 4) is 0 Å². The molecule has 0 radical (unpaired) electrons. The van der Waals surface area contributed by atoms with E-state index in [2.05, 4.69) is 31.0 Å². The number of ether oxygens (including phenoxy) is 1. The maximum absolute atomic E-state index is 5.26. The van der Waals surface area contributed by atoms with E-state index in [9.17, 15) is 0 Å². The molecule has 0 aliphatic rings. The van der Waals surface area contributed by atoms with E-state index in [4.69, 9.17) is 9.72 Å². The standard InChI is InChI=1S/C14H27N3OS/c1-6-8-12-13(9-15-4)19-14(16-12)17(7-2)11(3)10-18-5/h11,15H,6-10H2,1-5H3. The fourth-order valence-electron chi connectivity index (χ4n) is 2.19. The van der Waals surface area contributed by atoms with Crippen molar-refractivity contribution in [2.24, 2.45) is 0 Å². The van der Waals surface area contributed by atoms with Gasteiger partial charge in [0, 0.05) is 25.1 Å². The highest BCUT2D eigenvalue weighted by Gasteiger charge is 2.18.